The van der Waals surface area contributed by atoms with Gasteiger partial charge in [0.05, 0.1) is 12.2 Å². The molecule has 0 unspecified atom stereocenters. The van der Waals surface area contributed by atoms with Gasteiger partial charge in [0.15, 0.2) is 0 Å². The summed E-state index contributed by atoms with van der Waals surface area (Å²) in [5, 5.41) is 0. The van der Waals surface area contributed by atoms with E-state index in [0.29, 0.717) is 23.8 Å². The lowest BCUT2D eigenvalue weighted by Crippen LogP contribution is -2.30. The number of nitrogens with zero attached hydrogens (tertiary/aromatic N) is 1. The van der Waals surface area contributed by atoms with E-state index in [1.165, 1.54) is 10.4 Å². The maximum atomic E-state index is 12.8. The van der Waals surface area contributed by atoms with E-state index in [0.717, 1.165) is 5.56 Å². The minimum absolute atomic E-state index is 0.172. The molecule has 114 valence electrons. The van der Waals surface area contributed by atoms with E-state index in [-0.39, 0.29) is 11.4 Å². The van der Waals surface area contributed by atoms with E-state index in [4.69, 9.17) is 10.2 Å². The summed E-state index contributed by atoms with van der Waals surface area (Å²) in [6, 6.07) is 8.88. The van der Waals surface area contributed by atoms with Gasteiger partial charge in [-0.05, 0) is 32.9 Å². The van der Waals surface area contributed by atoms with Crippen LogP contribution in [0.5, 0.6) is 0 Å². The van der Waals surface area contributed by atoms with Crippen molar-refractivity contribution < 1.29 is 12.8 Å². The van der Waals surface area contributed by atoms with Crippen LogP contribution in [0.3, 0.4) is 0 Å². The van der Waals surface area contributed by atoms with E-state index < -0.39 is 10.0 Å². The third-order valence-corrected chi connectivity index (χ3v) is 5.31. The molecule has 0 spiro atoms. The predicted molar refractivity (Wildman–Crippen MR) is 82.7 cm³/mol. The average molecular weight is 308 g/mol. The molecular weight excluding hydrogens is 288 g/mol. The van der Waals surface area contributed by atoms with Crippen LogP contribution in [0.4, 0.5) is 5.69 Å². The summed E-state index contributed by atoms with van der Waals surface area (Å²) < 4.78 is 32.4. The monoisotopic (exact) mass is 308 g/mol. The number of anilines is 1. The van der Waals surface area contributed by atoms with Gasteiger partial charge in [-0.1, -0.05) is 17.7 Å². The minimum Gasteiger partial charge on any atom is -0.464 e. The van der Waals surface area contributed by atoms with Gasteiger partial charge in [0, 0.05) is 12.6 Å². The minimum atomic E-state index is -3.65. The van der Waals surface area contributed by atoms with Crippen LogP contribution in [0.25, 0.3) is 0 Å². The molecule has 0 bridgehead atoms. The van der Waals surface area contributed by atoms with Crippen molar-refractivity contribution in [2.75, 3.05) is 10.8 Å². The van der Waals surface area contributed by atoms with Gasteiger partial charge >= 0.3 is 0 Å². The molecule has 0 aliphatic rings. The summed E-state index contributed by atoms with van der Waals surface area (Å²) in [7, 11) is -3.65. The molecule has 0 amide bonds. The van der Waals surface area contributed by atoms with Gasteiger partial charge in [0.25, 0.3) is 10.0 Å². The lowest BCUT2D eigenvalue weighted by molar-refractivity contribution is 0.479. The highest BCUT2D eigenvalue weighted by molar-refractivity contribution is 7.92. The van der Waals surface area contributed by atoms with Crippen LogP contribution in [0.1, 0.15) is 24.0 Å². The van der Waals surface area contributed by atoms with Crippen molar-refractivity contribution in [3.05, 3.63) is 47.4 Å². The van der Waals surface area contributed by atoms with E-state index in [1.54, 1.807) is 26.0 Å². The second-order valence-electron chi connectivity index (χ2n) is 4.84. The molecule has 0 saturated carbocycles. The smallest absolute Gasteiger partial charge is 0.267 e. The van der Waals surface area contributed by atoms with Crippen molar-refractivity contribution in [1.82, 2.24) is 0 Å². The Labute approximate surface area is 125 Å². The molecule has 0 saturated heterocycles. The Hall–Kier alpha value is -1.79. The zero-order chi connectivity index (χ0) is 15.6. The Morgan fingerprint density at radius 2 is 1.81 bits per heavy atom. The third kappa shape index (κ3) is 2.96. The van der Waals surface area contributed by atoms with Crippen LogP contribution in [0.15, 0.2) is 39.6 Å². The van der Waals surface area contributed by atoms with Gasteiger partial charge in [-0.2, -0.15) is 0 Å². The Bertz CT molecular complexity index is 718. The van der Waals surface area contributed by atoms with Crippen molar-refractivity contribution in [3.63, 3.8) is 0 Å². The molecule has 1 heterocycles. The first-order valence-electron chi connectivity index (χ1n) is 6.79. The molecule has 0 aliphatic heterocycles. The van der Waals surface area contributed by atoms with Crippen molar-refractivity contribution in [1.29, 1.82) is 0 Å². The Kier molecular flexibility index (Phi) is 4.39. The highest BCUT2D eigenvalue weighted by atomic mass is 32.2. The molecule has 6 heteroatoms. The molecule has 21 heavy (non-hydrogen) atoms. The number of aryl methyl sites for hydroxylation is 2. The number of hydrogen-bond donors (Lipinski definition) is 1. The second-order valence-corrected chi connectivity index (χ2v) is 6.67. The standard InChI is InChI=1S/C15H20N2O3S/c1-4-17(13-7-5-11(2)6-8-13)21(18,19)15-9-14(10-16)20-12(15)3/h5-9H,4,10,16H2,1-3H3. The Balaban J connectivity index is 2.49. The van der Waals surface area contributed by atoms with Gasteiger partial charge in [-0.25, -0.2) is 8.42 Å². The average Bonchev–Trinajstić information content (AvgIpc) is 2.83. The van der Waals surface area contributed by atoms with Crippen molar-refractivity contribution >= 4 is 15.7 Å². The highest BCUT2D eigenvalue weighted by Gasteiger charge is 2.28. The number of sulfonamides is 1. The Morgan fingerprint density at radius 3 is 2.29 bits per heavy atom. The fourth-order valence-corrected chi connectivity index (χ4v) is 3.86. The zero-order valence-electron chi connectivity index (χ0n) is 12.5. The summed E-state index contributed by atoms with van der Waals surface area (Å²) in [6.45, 7) is 5.91. The lowest BCUT2D eigenvalue weighted by Gasteiger charge is -2.22. The number of furan rings is 1. The molecule has 5 nitrogen and oxygen atoms in total. The number of nitrogens with two attached hydrogens (primary N) is 1. The Morgan fingerprint density at radius 1 is 1.19 bits per heavy atom. The molecule has 2 rings (SSSR count). The van der Waals surface area contributed by atoms with Gasteiger partial charge in [-0.15, -0.1) is 0 Å². The normalized spacial score (nSPS) is 11.6. The quantitative estimate of drug-likeness (QED) is 0.921. The van der Waals surface area contributed by atoms with Gasteiger partial charge in [0.1, 0.15) is 16.4 Å². The van der Waals surface area contributed by atoms with Crippen LogP contribution >= 0.6 is 0 Å². The first kappa shape index (κ1) is 15.6. The molecule has 1 aromatic heterocycles. The zero-order valence-corrected chi connectivity index (χ0v) is 13.3. The number of hydrogen-bond acceptors (Lipinski definition) is 4. The molecule has 1 aromatic carbocycles. The lowest BCUT2D eigenvalue weighted by atomic mass is 10.2. The maximum absolute atomic E-state index is 12.8. The SMILES string of the molecule is CCN(c1ccc(C)cc1)S(=O)(=O)c1cc(CN)oc1C. The summed E-state index contributed by atoms with van der Waals surface area (Å²) in [5.74, 6) is 0.826. The van der Waals surface area contributed by atoms with Crippen LogP contribution in [0.2, 0.25) is 0 Å². The van der Waals surface area contributed by atoms with E-state index in [1.807, 2.05) is 19.1 Å². The topological polar surface area (TPSA) is 76.5 Å². The predicted octanol–water partition coefficient (Wildman–Crippen LogP) is 2.57. The molecule has 0 radical (unpaired) electrons. The van der Waals surface area contributed by atoms with Gasteiger partial charge < -0.3 is 10.2 Å². The first-order chi connectivity index (χ1) is 9.90. The van der Waals surface area contributed by atoms with E-state index in [9.17, 15) is 8.42 Å². The van der Waals surface area contributed by atoms with E-state index >= 15 is 0 Å². The number of benzene rings is 1. The molecule has 0 aliphatic carbocycles. The van der Waals surface area contributed by atoms with Crippen LogP contribution in [-0.2, 0) is 16.6 Å². The fraction of sp³-hybridized carbons (Fsp3) is 0.333. The molecule has 2 aromatic rings. The van der Waals surface area contributed by atoms with Crippen molar-refractivity contribution in [3.8, 4) is 0 Å². The third-order valence-electron chi connectivity index (χ3n) is 3.30. The highest BCUT2D eigenvalue weighted by Crippen LogP contribution is 2.27. The van der Waals surface area contributed by atoms with Crippen LogP contribution < -0.4 is 10.0 Å². The maximum Gasteiger partial charge on any atom is 0.267 e. The van der Waals surface area contributed by atoms with Crippen molar-refractivity contribution in [2.45, 2.75) is 32.2 Å². The van der Waals surface area contributed by atoms with Crippen LogP contribution in [0, 0.1) is 13.8 Å². The largest absolute Gasteiger partial charge is 0.464 e. The summed E-state index contributed by atoms with van der Waals surface area (Å²) in [6.07, 6.45) is 0. The second kappa shape index (κ2) is 5.91. The fourth-order valence-electron chi connectivity index (χ4n) is 2.20. The van der Waals surface area contributed by atoms with Gasteiger partial charge in [-0.3, -0.25) is 4.31 Å². The molecule has 0 fully saturated rings. The van der Waals surface area contributed by atoms with Gasteiger partial charge in [0.2, 0.25) is 0 Å². The number of rotatable bonds is 5. The summed E-state index contributed by atoms with van der Waals surface area (Å²) in [5.41, 5.74) is 7.23. The molecule has 0 atom stereocenters. The first-order valence-corrected chi connectivity index (χ1v) is 8.23. The summed E-state index contributed by atoms with van der Waals surface area (Å²) in [4.78, 5) is 0.172. The summed E-state index contributed by atoms with van der Waals surface area (Å²) >= 11 is 0. The molecule has 2 N–H and O–H groups in total. The van der Waals surface area contributed by atoms with E-state index in [2.05, 4.69) is 0 Å². The van der Waals surface area contributed by atoms with Crippen LogP contribution in [-0.4, -0.2) is 15.0 Å². The molecular formula is C15H20N2O3S. The van der Waals surface area contributed by atoms with Crippen molar-refractivity contribution in [2.24, 2.45) is 5.73 Å².